The molecule has 8 nitrogen and oxygen atoms in total. The number of carboxylic acid groups (broad SMARTS) is 1. The summed E-state index contributed by atoms with van der Waals surface area (Å²) in [4.78, 5) is 37.5. The Morgan fingerprint density at radius 1 is 1.32 bits per heavy atom. The molecule has 0 bridgehead atoms. The van der Waals surface area contributed by atoms with E-state index in [0.717, 1.165) is 6.42 Å². The first-order chi connectivity index (χ1) is 13.4. The Morgan fingerprint density at radius 3 is 2.82 bits per heavy atom. The molecule has 0 aromatic heterocycles. The van der Waals surface area contributed by atoms with Crippen LogP contribution in [0.1, 0.15) is 49.4 Å². The van der Waals surface area contributed by atoms with Gasteiger partial charge in [-0.15, -0.1) is 0 Å². The number of rotatable bonds is 5. The van der Waals surface area contributed by atoms with Crippen molar-refractivity contribution >= 4 is 23.5 Å². The SMILES string of the molecule is CCCC(=O)Nc1ccc2c(c1)C(=O)N(C)[C@H]1CC[C@H](CC(=O)O)O[C@H]1CO2. The van der Waals surface area contributed by atoms with Crippen LogP contribution >= 0.6 is 0 Å². The van der Waals surface area contributed by atoms with E-state index >= 15 is 0 Å². The highest BCUT2D eigenvalue weighted by Gasteiger charge is 2.39. The van der Waals surface area contributed by atoms with Gasteiger partial charge in [-0.2, -0.15) is 0 Å². The number of amides is 2. The molecular weight excluding hydrogens is 364 g/mol. The van der Waals surface area contributed by atoms with Crippen LogP contribution in [0, 0.1) is 0 Å². The maximum atomic E-state index is 13.1. The Kier molecular flexibility index (Phi) is 6.18. The number of likely N-dealkylation sites (N-methyl/N-ethyl adjacent to an activating group) is 1. The van der Waals surface area contributed by atoms with Crippen molar-refractivity contribution in [3.63, 3.8) is 0 Å². The summed E-state index contributed by atoms with van der Waals surface area (Å²) in [5, 5.41) is 11.8. The standard InChI is InChI=1S/C20H26N2O6/c1-3-4-18(23)21-12-5-8-16-14(9-12)20(26)22(2)15-7-6-13(10-19(24)25)28-17(15)11-27-16/h5,8-9,13,15,17H,3-4,6-7,10-11H2,1-2H3,(H,21,23)(H,24,25)/t13-,15+,17+/m1/s1. The first kappa shape index (κ1) is 20.1. The topological polar surface area (TPSA) is 105 Å². The largest absolute Gasteiger partial charge is 0.490 e. The molecule has 8 heteroatoms. The van der Waals surface area contributed by atoms with Gasteiger partial charge in [-0.05, 0) is 37.5 Å². The number of nitrogens with zero attached hydrogens (tertiary/aromatic N) is 1. The molecule has 0 radical (unpaired) electrons. The third kappa shape index (κ3) is 4.44. The molecule has 2 N–H and O–H groups in total. The number of carbonyl (C=O) groups excluding carboxylic acids is 2. The normalized spacial score (nSPS) is 24.3. The van der Waals surface area contributed by atoms with Crippen molar-refractivity contribution in [2.24, 2.45) is 0 Å². The van der Waals surface area contributed by atoms with Gasteiger partial charge in [-0.25, -0.2) is 0 Å². The summed E-state index contributed by atoms with van der Waals surface area (Å²) in [6, 6.07) is 4.82. The monoisotopic (exact) mass is 390 g/mol. The summed E-state index contributed by atoms with van der Waals surface area (Å²) < 4.78 is 11.8. The van der Waals surface area contributed by atoms with Crippen molar-refractivity contribution in [2.75, 3.05) is 19.0 Å². The van der Waals surface area contributed by atoms with Gasteiger partial charge < -0.3 is 24.8 Å². The van der Waals surface area contributed by atoms with Crippen molar-refractivity contribution in [2.45, 2.75) is 57.3 Å². The summed E-state index contributed by atoms with van der Waals surface area (Å²) in [6.45, 7) is 2.16. The molecule has 3 rings (SSSR count). The van der Waals surface area contributed by atoms with Gasteiger partial charge in [0.05, 0.1) is 24.1 Å². The van der Waals surface area contributed by atoms with Gasteiger partial charge in [0.1, 0.15) is 18.5 Å². The minimum absolute atomic E-state index is 0.0573. The number of aliphatic carboxylic acids is 1. The summed E-state index contributed by atoms with van der Waals surface area (Å²) in [5.41, 5.74) is 0.948. The van der Waals surface area contributed by atoms with E-state index in [-0.39, 0.29) is 43.1 Å². The molecule has 0 aliphatic carbocycles. The van der Waals surface area contributed by atoms with E-state index in [1.165, 1.54) is 0 Å². The lowest BCUT2D eigenvalue weighted by atomic mass is 9.94. The van der Waals surface area contributed by atoms with E-state index in [9.17, 15) is 14.4 Å². The van der Waals surface area contributed by atoms with Crippen LogP contribution in [-0.4, -0.2) is 59.7 Å². The number of ether oxygens (including phenoxy) is 2. The summed E-state index contributed by atoms with van der Waals surface area (Å²) >= 11 is 0. The second kappa shape index (κ2) is 8.60. The smallest absolute Gasteiger partial charge is 0.305 e. The molecule has 0 unspecified atom stereocenters. The van der Waals surface area contributed by atoms with Gasteiger partial charge >= 0.3 is 5.97 Å². The van der Waals surface area contributed by atoms with Gasteiger partial charge in [0.15, 0.2) is 0 Å². The van der Waals surface area contributed by atoms with E-state index < -0.39 is 5.97 Å². The highest BCUT2D eigenvalue weighted by molar-refractivity contribution is 5.99. The fourth-order valence-electron chi connectivity index (χ4n) is 3.75. The van der Waals surface area contributed by atoms with Crippen LogP contribution in [0.25, 0.3) is 0 Å². The Balaban J connectivity index is 1.80. The number of carboxylic acids is 1. The molecule has 0 saturated carbocycles. The number of fused-ring (bicyclic) bond motifs is 2. The van der Waals surface area contributed by atoms with Crippen LogP contribution in [0.15, 0.2) is 18.2 Å². The predicted octanol–water partition coefficient (Wildman–Crippen LogP) is 2.28. The zero-order chi connectivity index (χ0) is 20.3. The Hall–Kier alpha value is -2.61. The van der Waals surface area contributed by atoms with Gasteiger partial charge in [0.25, 0.3) is 5.91 Å². The lowest BCUT2D eigenvalue weighted by Gasteiger charge is -2.42. The van der Waals surface area contributed by atoms with E-state index in [0.29, 0.717) is 36.3 Å². The summed E-state index contributed by atoms with van der Waals surface area (Å²) in [5.74, 6) is -0.785. The van der Waals surface area contributed by atoms with Gasteiger partial charge in [0.2, 0.25) is 5.91 Å². The molecule has 3 atom stereocenters. The first-order valence-corrected chi connectivity index (χ1v) is 9.60. The van der Waals surface area contributed by atoms with Crippen molar-refractivity contribution in [3.05, 3.63) is 23.8 Å². The average molecular weight is 390 g/mol. The van der Waals surface area contributed by atoms with Crippen LogP contribution in [0.5, 0.6) is 5.75 Å². The second-order valence-corrected chi connectivity index (χ2v) is 7.28. The van der Waals surface area contributed by atoms with Crippen molar-refractivity contribution in [1.82, 2.24) is 4.90 Å². The average Bonchev–Trinajstić information content (AvgIpc) is 2.65. The maximum absolute atomic E-state index is 13.1. The van der Waals surface area contributed by atoms with Crippen molar-refractivity contribution < 1.29 is 29.0 Å². The zero-order valence-corrected chi connectivity index (χ0v) is 16.1. The van der Waals surface area contributed by atoms with Crippen molar-refractivity contribution in [3.8, 4) is 5.75 Å². The number of benzene rings is 1. The molecule has 1 fully saturated rings. The van der Waals surface area contributed by atoms with Gasteiger partial charge in [-0.1, -0.05) is 6.92 Å². The molecule has 1 aromatic rings. The summed E-state index contributed by atoms with van der Waals surface area (Å²) in [7, 11) is 1.72. The number of anilines is 1. The third-order valence-electron chi connectivity index (χ3n) is 5.17. The van der Waals surface area contributed by atoms with Crippen LogP contribution < -0.4 is 10.1 Å². The molecule has 152 valence electrons. The third-order valence-corrected chi connectivity index (χ3v) is 5.17. The lowest BCUT2D eigenvalue weighted by Crippen LogP contribution is -2.53. The molecule has 2 heterocycles. The van der Waals surface area contributed by atoms with Gasteiger partial charge in [0, 0.05) is 19.2 Å². The number of nitrogens with one attached hydrogen (secondary N) is 1. The van der Waals surface area contributed by atoms with Crippen molar-refractivity contribution in [1.29, 1.82) is 0 Å². The molecular formula is C20H26N2O6. The number of hydrogen-bond donors (Lipinski definition) is 2. The number of hydrogen-bond acceptors (Lipinski definition) is 5. The van der Waals surface area contributed by atoms with Gasteiger partial charge in [-0.3, -0.25) is 14.4 Å². The maximum Gasteiger partial charge on any atom is 0.305 e. The summed E-state index contributed by atoms with van der Waals surface area (Å²) in [6.07, 6.45) is 1.57. The van der Waals surface area contributed by atoms with Crippen LogP contribution in [0.3, 0.4) is 0 Å². The van der Waals surface area contributed by atoms with E-state index in [4.69, 9.17) is 14.6 Å². The fourth-order valence-corrected chi connectivity index (χ4v) is 3.75. The Labute approximate surface area is 163 Å². The molecule has 28 heavy (non-hydrogen) atoms. The minimum atomic E-state index is -0.900. The zero-order valence-electron chi connectivity index (χ0n) is 16.1. The highest BCUT2D eigenvalue weighted by Crippen LogP contribution is 2.32. The molecule has 2 amide bonds. The quantitative estimate of drug-likeness (QED) is 0.799. The molecule has 0 spiro atoms. The van der Waals surface area contributed by atoms with E-state index in [1.807, 2.05) is 6.92 Å². The molecule has 1 saturated heterocycles. The molecule has 1 aromatic carbocycles. The molecule has 2 aliphatic heterocycles. The van der Waals surface area contributed by atoms with E-state index in [2.05, 4.69) is 5.32 Å². The first-order valence-electron chi connectivity index (χ1n) is 9.60. The second-order valence-electron chi connectivity index (χ2n) is 7.28. The van der Waals surface area contributed by atoms with Crippen LogP contribution in [0.2, 0.25) is 0 Å². The fraction of sp³-hybridized carbons (Fsp3) is 0.550. The molecule has 2 aliphatic rings. The Morgan fingerprint density at radius 2 is 2.11 bits per heavy atom. The minimum Gasteiger partial charge on any atom is -0.490 e. The van der Waals surface area contributed by atoms with E-state index in [1.54, 1.807) is 30.1 Å². The number of carbonyl (C=O) groups is 3. The predicted molar refractivity (Wildman–Crippen MR) is 102 cm³/mol. The lowest BCUT2D eigenvalue weighted by molar-refractivity contribution is -0.148. The van der Waals surface area contributed by atoms with Crippen LogP contribution in [0.4, 0.5) is 5.69 Å². The highest BCUT2D eigenvalue weighted by atomic mass is 16.5. The van der Waals surface area contributed by atoms with Crippen LogP contribution in [-0.2, 0) is 14.3 Å². The Bertz CT molecular complexity index is 765.